The quantitative estimate of drug-likeness (QED) is 0.353. The van der Waals surface area contributed by atoms with Crippen LogP contribution in [0.1, 0.15) is 85.0 Å². The van der Waals surface area contributed by atoms with Crippen molar-refractivity contribution in [3.05, 3.63) is 23.8 Å². The van der Waals surface area contributed by atoms with E-state index in [9.17, 15) is 19.8 Å². The van der Waals surface area contributed by atoms with Gasteiger partial charge >= 0.3 is 11.9 Å². The first-order chi connectivity index (χ1) is 15.3. The van der Waals surface area contributed by atoms with Crippen molar-refractivity contribution in [1.82, 2.24) is 0 Å². The largest absolute Gasteiger partial charge is 0.481 e. The maximum atomic E-state index is 13.0. The normalized spacial score (nSPS) is 26.9. The Kier molecular flexibility index (Phi) is 10.9. The van der Waals surface area contributed by atoms with Crippen molar-refractivity contribution in [3.8, 4) is 0 Å². The number of fused-ring (bicyclic) bond motifs is 1. The van der Waals surface area contributed by atoms with Gasteiger partial charge in [-0.1, -0.05) is 51.8 Å². The number of esters is 1. The molecule has 182 valence electrons. The molecule has 0 aromatic rings. The van der Waals surface area contributed by atoms with Gasteiger partial charge in [0.15, 0.2) is 0 Å². The minimum atomic E-state index is -1.07. The van der Waals surface area contributed by atoms with Crippen molar-refractivity contribution in [2.45, 2.75) is 103 Å². The van der Waals surface area contributed by atoms with Crippen LogP contribution in [0.25, 0.3) is 0 Å². The Hall–Kier alpha value is -1.66. The van der Waals surface area contributed by atoms with Gasteiger partial charge in [0, 0.05) is 5.92 Å². The molecule has 3 N–H and O–H groups in total. The third-order valence-electron chi connectivity index (χ3n) is 7.01. The SMILES string of the molecule is CCCC(CCC)C(=O)OC1CCC=C2C=CC(C)C(CCC(O)CC(O)CC(=O)O)C21. The summed E-state index contributed by atoms with van der Waals surface area (Å²) in [6, 6.07) is 0. The Balaban J connectivity index is 2.06. The highest BCUT2D eigenvalue weighted by atomic mass is 16.5. The summed E-state index contributed by atoms with van der Waals surface area (Å²) in [5.74, 6) is -0.541. The summed E-state index contributed by atoms with van der Waals surface area (Å²) in [6.45, 7) is 6.35. The van der Waals surface area contributed by atoms with Gasteiger partial charge in [0.1, 0.15) is 6.10 Å². The van der Waals surface area contributed by atoms with Crippen LogP contribution in [0.2, 0.25) is 0 Å². The van der Waals surface area contributed by atoms with Gasteiger partial charge in [-0.05, 0) is 62.4 Å². The van der Waals surface area contributed by atoms with Gasteiger partial charge in [-0.2, -0.15) is 0 Å². The summed E-state index contributed by atoms with van der Waals surface area (Å²) < 4.78 is 6.14. The molecular weight excluding hydrogens is 408 g/mol. The van der Waals surface area contributed by atoms with Gasteiger partial charge < -0.3 is 20.1 Å². The molecule has 0 aliphatic heterocycles. The Morgan fingerprint density at radius 1 is 1.12 bits per heavy atom. The second-order valence-electron chi connectivity index (χ2n) is 9.66. The summed E-state index contributed by atoms with van der Waals surface area (Å²) >= 11 is 0. The molecule has 2 aliphatic carbocycles. The van der Waals surface area contributed by atoms with Gasteiger partial charge in [0.05, 0.1) is 24.5 Å². The van der Waals surface area contributed by atoms with Crippen LogP contribution >= 0.6 is 0 Å². The molecule has 0 spiro atoms. The molecule has 0 bridgehead atoms. The standard InChI is InChI=1S/C26H42O6/c1-4-7-19(8-5-2)26(31)32-23-10-6-9-18-12-11-17(3)22(25(18)23)14-13-20(27)15-21(28)16-24(29)30/h9,11-12,17,19-23,25,27-28H,4-8,10,13-16H2,1-3H3,(H,29,30). The van der Waals surface area contributed by atoms with E-state index in [0.717, 1.165) is 44.9 Å². The maximum absolute atomic E-state index is 13.0. The van der Waals surface area contributed by atoms with Gasteiger partial charge in [0.25, 0.3) is 0 Å². The molecule has 6 atom stereocenters. The predicted octanol–water partition coefficient (Wildman–Crippen LogP) is 4.64. The lowest BCUT2D eigenvalue weighted by molar-refractivity contribution is -0.159. The van der Waals surface area contributed by atoms with Gasteiger partial charge in [0.2, 0.25) is 0 Å². The first-order valence-corrected chi connectivity index (χ1v) is 12.4. The molecule has 0 saturated heterocycles. The fourth-order valence-corrected chi connectivity index (χ4v) is 5.38. The minimum Gasteiger partial charge on any atom is -0.481 e. The van der Waals surface area contributed by atoms with E-state index < -0.39 is 18.2 Å². The number of carboxylic acids is 1. The van der Waals surface area contributed by atoms with Gasteiger partial charge in [-0.25, -0.2) is 0 Å². The molecule has 2 aliphatic rings. The fraction of sp³-hybridized carbons (Fsp3) is 0.769. The van der Waals surface area contributed by atoms with E-state index in [1.165, 1.54) is 5.57 Å². The van der Waals surface area contributed by atoms with Gasteiger partial charge in [-0.3, -0.25) is 9.59 Å². The summed E-state index contributed by atoms with van der Waals surface area (Å²) in [7, 11) is 0. The lowest BCUT2D eigenvalue weighted by Gasteiger charge is -2.42. The van der Waals surface area contributed by atoms with Crippen molar-refractivity contribution >= 4 is 11.9 Å². The van der Waals surface area contributed by atoms with E-state index in [0.29, 0.717) is 6.42 Å². The molecule has 0 aromatic heterocycles. The molecule has 6 nitrogen and oxygen atoms in total. The van der Waals surface area contributed by atoms with Crippen molar-refractivity contribution in [1.29, 1.82) is 0 Å². The zero-order valence-electron chi connectivity index (χ0n) is 19.9. The van der Waals surface area contributed by atoms with Crippen LogP contribution in [0.3, 0.4) is 0 Å². The van der Waals surface area contributed by atoms with E-state index in [2.05, 4.69) is 39.0 Å². The highest BCUT2D eigenvalue weighted by Gasteiger charge is 2.40. The van der Waals surface area contributed by atoms with Crippen LogP contribution in [0.5, 0.6) is 0 Å². The summed E-state index contributed by atoms with van der Waals surface area (Å²) in [5.41, 5.74) is 1.22. The zero-order valence-corrected chi connectivity index (χ0v) is 19.9. The van der Waals surface area contributed by atoms with Crippen molar-refractivity contribution < 1.29 is 29.6 Å². The van der Waals surface area contributed by atoms with Crippen LogP contribution in [-0.2, 0) is 14.3 Å². The van der Waals surface area contributed by atoms with E-state index in [-0.39, 0.29) is 48.6 Å². The molecule has 6 heteroatoms. The number of aliphatic hydroxyl groups excluding tert-OH is 2. The third-order valence-corrected chi connectivity index (χ3v) is 7.01. The van der Waals surface area contributed by atoms with Crippen LogP contribution in [0.4, 0.5) is 0 Å². The highest BCUT2D eigenvalue weighted by Crippen LogP contribution is 2.44. The zero-order chi connectivity index (χ0) is 23.7. The molecule has 0 fully saturated rings. The first kappa shape index (κ1) is 26.6. The number of hydrogen-bond donors (Lipinski definition) is 3. The molecule has 0 saturated carbocycles. The lowest BCUT2D eigenvalue weighted by atomic mass is 9.66. The Labute approximate surface area is 192 Å². The number of hydrogen-bond acceptors (Lipinski definition) is 5. The molecular formula is C26H42O6. The van der Waals surface area contributed by atoms with Crippen LogP contribution in [-0.4, -0.2) is 45.6 Å². The number of aliphatic carboxylic acids is 1. The van der Waals surface area contributed by atoms with Crippen molar-refractivity contribution in [2.24, 2.45) is 23.7 Å². The predicted molar refractivity (Wildman–Crippen MR) is 124 cm³/mol. The van der Waals surface area contributed by atoms with E-state index >= 15 is 0 Å². The average molecular weight is 451 g/mol. The molecule has 2 rings (SSSR count). The Morgan fingerprint density at radius 3 is 2.44 bits per heavy atom. The molecule has 0 amide bonds. The highest BCUT2D eigenvalue weighted by molar-refractivity contribution is 5.72. The molecule has 32 heavy (non-hydrogen) atoms. The third kappa shape index (κ3) is 7.73. The van der Waals surface area contributed by atoms with Crippen LogP contribution in [0.15, 0.2) is 23.8 Å². The van der Waals surface area contributed by atoms with E-state index in [4.69, 9.17) is 9.84 Å². The number of allylic oxidation sites excluding steroid dienone is 3. The maximum Gasteiger partial charge on any atom is 0.309 e. The number of ether oxygens (including phenoxy) is 1. The molecule has 0 aromatic carbocycles. The fourth-order valence-electron chi connectivity index (χ4n) is 5.38. The smallest absolute Gasteiger partial charge is 0.309 e. The van der Waals surface area contributed by atoms with Crippen LogP contribution in [0, 0.1) is 23.7 Å². The lowest BCUT2D eigenvalue weighted by Crippen LogP contribution is -2.40. The van der Waals surface area contributed by atoms with Crippen molar-refractivity contribution in [3.63, 3.8) is 0 Å². The van der Waals surface area contributed by atoms with E-state index in [1.54, 1.807) is 0 Å². The second kappa shape index (κ2) is 13.1. The first-order valence-electron chi connectivity index (χ1n) is 12.4. The number of aliphatic hydroxyl groups is 2. The summed E-state index contributed by atoms with van der Waals surface area (Å²) in [6.07, 6.45) is 10.9. The number of carboxylic acid groups (broad SMARTS) is 1. The Bertz CT molecular complexity index is 663. The van der Waals surface area contributed by atoms with Gasteiger partial charge in [-0.15, -0.1) is 0 Å². The summed E-state index contributed by atoms with van der Waals surface area (Å²) in [5, 5.41) is 29.0. The Morgan fingerprint density at radius 2 is 1.81 bits per heavy atom. The molecule has 0 heterocycles. The van der Waals surface area contributed by atoms with E-state index in [1.807, 2.05) is 0 Å². The number of carbonyl (C=O) groups excluding carboxylic acids is 1. The van der Waals surface area contributed by atoms with Crippen molar-refractivity contribution in [2.75, 3.05) is 0 Å². The number of rotatable bonds is 13. The molecule has 6 unspecified atom stereocenters. The second-order valence-corrected chi connectivity index (χ2v) is 9.66. The molecule has 0 radical (unpaired) electrons. The minimum absolute atomic E-state index is 0.0353. The average Bonchev–Trinajstić information content (AvgIpc) is 2.72. The van der Waals surface area contributed by atoms with Crippen LogP contribution < -0.4 is 0 Å². The number of carbonyl (C=O) groups is 2. The monoisotopic (exact) mass is 450 g/mol. The topological polar surface area (TPSA) is 104 Å². The summed E-state index contributed by atoms with van der Waals surface area (Å²) in [4.78, 5) is 23.7.